The molecule has 0 saturated carbocycles. The highest BCUT2D eigenvalue weighted by Gasteiger charge is 2.37. The third-order valence-electron chi connectivity index (χ3n) is 6.11. The normalized spacial score (nSPS) is 20.3. The van der Waals surface area contributed by atoms with Crippen LogP contribution in [0.1, 0.15) is 62.4 Å². The molecule has 0 radical (unpaired) electrons. The molecule has 13 heteroatoms. The minimum Gasteiger partial charge on any atom is -0.494 e. The second-order valence-electron chi connectivity index (χ2n) is 8.57. The summed E-state index contributed by atoms with van der Waals surface area (Å²) in [6, 6.07) is -0.321. The Balaban J connectivity index is 1.93. The van der Waals surface area contributed by atoms with E-state index in [1.54, 1.807) is 25.7 Å². The molecule has 0 aliphatic carbocycles. The van der Waals surface area contributed by atoms with Crippen LogP contribution in [0.15, 0.2) is 12.4 Å². The molecule has 2 aromatic heterocycles. The molecule has 4 atom stereocenters. The Labute approximate surface area is 206 Å². The molecule has 0 N–H and O–H groups in total. The highest BCUT2D eigenvalue weighted by molar-refractivity contribution is 7.91. The Hall–Kier alpha value is -2.19. The first-order valence-electron chi connectivity index (χ1n) is 11.4. The summed E-state index contributed by atoms with van der Waals surface area (Å²) in [6.07, 6.45) is 3.54. The monoisotopic (exact) mass is 513 g/mol. The molecular weight excluding hydrogens is 478 g/mol. The van der Waals surface area contributed by atoms with Crippen molar-refractivity contribution in [1.82, 2.24) is 24.7 Å². The SMILES string of the molecule is COCC(COC)n1c(CS(=O)(=O)[C@@H](C)[C@H](OC)c2ncc(OC)cn2)nnc1[C@H]1CC[C@@H](C)O1. The Kier molecular flexibility index (Phi) is 9.53. The van der Waals surface area contributed by atoms with Crippen LogP contribution < -0.4 is 4.74 Å². The average Bonchev–Trinajstić information content (AvgIpc) is 3.45. The van der Waals surface area contributed by atoms with Crippen LogP contribution in [0.3, 0.4) is 0 Å². The summed E-state index contributed by atoms with van der Waals surface area (Å²) in [4.78, 5) is 8.42. The lowest BCUT2D eigenvalue weighted by molar-refractivity contribution is 0.0399. The Bertz CT molecular complexity index is 1040. The molecule has 0 bridgehead atoms. The van der Waals surface area contributed by atoms with Gasteiger partial charge in [-0.1, -0.05) is 0 Å². The van der Waals surface area contributed by atoms with Crippen molar-refractivity contribution < 1.29 is 32.1 Å². The smallest absolute Gasteiger partial charge is 0.163 e. The van der Waals surface area contributed by atoms with Gasteiger partial charge >= 0.3 is 0 Å². The highest BCUT2D eigenvalue weighted by Crippen LogP contribution is 2.34. The third-order valence-corrected chi connectivity index (χ3v) is 8.15. The lowest BCUT2D eigenvalue weighted by atomic mass is 10.2. The predicted molar refractivity (Wildman–Crippen MR) is 126 cm³/mol. The van der Waals surface area contributed by atoms with E-state index >= 15 is 0 Å². The zero-order valence-electron chi connectivity index (χ0n) is 21.1. The second-order valence-corrected chi connectivity index (χ2v) is 10.9. The summed E-state index contributed by atoms with van der Waals surface area (Å²) in [5, 5.41) is 7.66. The molecule has 3 rings (SSSR count). The number of sulfone groups is 1. The first-order valence-corrected chi connectivity index (χ1v) is 13.1. The maximum Gasteiger partial charge on any atom is 0.163 e. The van der Waals surface area contributed by atoms with Crippen LogP contribution in [0.4, 0.5) is 0 Å². The van der Waals surface area contributed by atoms with Gasteiger partial charge in [-0.15, -0.1) is 10.2 Å². The molecule has 3 heterocycles. The predicted octanol–water partition coefficient (Wildman–Crippen LogP) is 1.84. The lowest BCUT2D eigenvalue weighted by Crippen LogP contribution is -2.31. The minimum absolute atomic E-state index is 0.0904. The summed E-state index contributed by atoms with van der Waals surface area (Å²) >= 11 is 0. The van der Waals surface area contributed by atoms with Crippen LogP contribution in [0.5, 0.6) is 5.75 Å². The van der Waals surface area contributed by atoms with Crippen molar-refractivity contribution >= 4 is 9.84 Å². The first kappa shape index (κ1) is 27.4. The topological polar surface area (TPSA) is 137 Å². The number of hydrogen-bond acceptors (Lipinski definition) is 11. The van der Waals surface area contributed by atoms with Crippen LogP contribution in [0.25, 0.3) is 0 Å². The van der Waals surface area contributed by atoms with Gasteiger partial charge in [0.1, 0.15) is 23.8 Å². The fourth-order valence-electron chi connectivity index (χ4n) is 4.21. The van der Waals surface area contributed by atoms with Crippen LogP contribution in [-0.4, -0.2) is 86.2 Å². The Morgan fingerprint density at radius 3 is 2.26 bits per heavy atom. The molecule has 0 amide bonds. The molecular formula is C22H35N5O7S. The molecule has 12 nitrogen and oxygen atoms in total. The minimum atomic E-state index is -3.78. The van der Waals surface area contributed by atoms with Crippen molar-refractivity contribution in [2.45, 2.75) is 62.0 Å². The maximum absolute atomic E-state index is 13.5. The third kappa shape index (κ3) is 6.33. The number of nitrogens with zero attached hydrogens (tertiary/aromatic N) is 5. The number of methoxy groups -OCH3 is 4. The van der Waals surface area contributed by atoms with E-state index in [1.807, 2.05) is 6.92 Å². The molecule has 0 spiro atoms. The molecule has 196 valence electrons. The van der Waals surface area contributed by atoms with Crippen molar-refractivity contribution in [1.29, 1.82) is 0 Å². The van der Waals surface area contributed by atoms with E-state index in [0.29, 0.717) is 30.6 Å². The zero-order chi connectivity index (χ0) is 25.6. The van der Waals surface area contributed by atoms with Gasteiger partial charge < -0.3 is 28.3 Å². The standard InChI is InChI=1S/C22H35N5O7S/c1-14-7-8-18(34-14)22-26-25-19(27(22)16(11-30-3)12-31-4)13-35(28,29)15(2)20(33-6)21-23-9-17(32-5)10-24-21/h9-10,14-16,18,20H,7-8,11-13H2,1-6H3/t14-,15+,18-,20+/m1/s1. The number of hydrogen-bond donors (Lipinski definition) is 0. The van der Waals surface area contributed by atoms with E-state index in [4.69, 9.17) is 23.7 Å². The summed E-state index contributed by atoms with van der Waals surface area (Å²) in [6.45, 7) is 4.16. The number of ether oxygens (including phenoxy) is 5. The molecule has 0 aromatic carbocycles. The van der Waals surface area contributed by atoms with Gasteiger partial charge in [0.25, 0.3) is 0 Å². The summed E-state index contributed by atoms with van der Waals surface area (Å²) < 4.78 is 56.2. The Morgan fingerprint density at radius 1 is 1.09 bits per heavy atom. The first-order chi connectivity index (χ1) is 16.7. The van der Waals surface area contributed by atoms with Gasteiger partial charge in [0, 0.05) is 21.3 Å². The van der Waals surface area contributed by atoms with Crippen molar-refractivity contribution in [3.63, 3.8) is 0 Å². The van der Waals surface area contributed by atoms with Gasteiger partial charge in [-0.3, -0.25) is 0 Å². The fourth-order valence-corrected chi connectivity index (χ4v) is 5.64. The summed E-state index contributed by atoms with van der Waals surface area (Å²) in [5.74, 6) is 1.22. The highest BCUT2D eigenvalue weighted by atomic mass is 32.2. The van der Waals surface area contributed by atoms with Gasteiger partial charge in [0.05, 0.1) is 50.1 Å². The van der Waals surface area contributed by atoms with Crippen molar-refractivity contribution in [3.8, 4) is 5.75 Å². The van der Waals surface area contributed by atoms with Gasteiger partial charge in [-0.2, -0.15) is 0 Å². The van der Waals surface area contributed by atoms with E-state index in [9.17, 15) is 8.42 Å². The van der Waals surface area contributed by atoms with E-state index in [2.05, 4.69) is 20.2 Å². The summed E-state index contributed by atoms with van der Waals surface area (Å²) in [7, 11) is 2.31. The molecule has 1 aliphatic rings. The molecule has 2 aromatic rings. The fraction of sp³-hybridized carbons (Fsp3) is 0.727. The molecule has 35 heavy (non-hydrogen) atoms. The van der Waals surface area contributed by atoms with Crippen LogP contribution >= 0.6 is 0 Å². The largest absolute Gasteiger partial charge is 0.494 e. The van der Waals surface area contributed by atoms with E-state index in [1.165, 1.54) is 26.6 Å². The van der Waals surface area contributed by atoms with E-state index in [0.717, 1.165) is 12.8 Å². The summed E-state index contributed by atoms with van der Waals surface area (Å²) in [5.41, 5.74) is 0. The quantitative estimate of drug-likeness (QED) is 0.388. The Morgan fingerprint density at radius 2 is 1.74 bits per heavy atom. The van der Waals surface area contributed by atoms with Crippen molar-refractivity contribution in [2.24, 2.45) is 0 Å². The van der Waals surface area contributed by atoms with E-state index < -0.39 is 21.2 Å². The molecule has 1 fully saturated rings. The van der Waals surface area contributed by atoms with Crippen molar-refractivity contribution in [2.75, 3.05) is 41.7 Å². The van der Waals surface area contributed by atoms with Gasteiger partial charge in [-0.05, 0) is 26.7 Å². The average molecular weight is 514 g/mol. The number of aromatic nitrogens is 5. The van der Waals surface area contributed by atoms with Crippen LogP contribution in [-0.2, 0) is 34.5 Å². The van der Waals surface area contributed by atoms with Gasteiger partial charge in [0.15, 0.2) is 27.2 Å². The lowest BCUT2D eigenvalue weighted by Gasteiger charge is -2.24. The second kappa shape index (κ2) is 12.2. The molecule has 1 aliphatic heterocycles. The molecule has 0 unspecified atom stereocenters. The molecule has 1 saturated heterocycles. The van der Waals surface area contributed by atoms with Gasteiger partial charge in [-0.25, -0.2) is 18.4 Å². The maximum atomic E-state index is 13.5. The van der Waals surface area contributed by atoms with Crippen LogP contribution in [0.2, 0.25) is 0 Å². The zero-order valence-corrected chi connectivity index (χ0v) is 21.9. The van der Waals surface area contributed by atoms with Crippen molar-refractivity contribution in [3.05, 3.63) is 29.9 Å². The van der Waals surface area contributed by atoms with Gasteiger partial charge in [0.2, 0.25) is 0 Å². The van der Waals surface area contributed by atoms with Crippen LogP contribution in [0, 0.1) is 0 Å². The number of rotatable bonds is 13. The van der Waals surface area contributed by atoms with E-state index in [-0.39, 0.29) is 29.8 Å².